The minimum atomic E-state index is -0.659. The quantitative estimate of drug-likeness (QED) is 0.407. The van der Waals surface area contributed by atoms with Gasteiger partial charge in [-0.15, -0.1) is 0 Å². The van der Waals surface area contributed by atoms with Gasteiger partial charge in [0.2, 0.25) is 6.10 Å². The molecule has 0 spiro atoms. The molecule has 0 N–H and O–H groups in total. The van der Waals surface area contributed by atoms with E-state index in [9.17, 15) is 14.0 Å². The molecular formula is C26H24FNO4. The van der Waals surface area contributed by atoms with Crippen LogP contribution in [0.25, 0.3) is 0 Å². The summed E-state index contributed by atoms with van der Waals surface area (Å²) in [5.41, 5.74) is 3.21. The van der Waals surface area contributed by atoms with Crippen molar-refractivity contribution in [1.82, 2.24) is 4.90 Å². The number of esters is 1. The van der Waals surface area contributed by atoms with Crippen LogP contribution in [0.3, 0.4) is 0 Å². The molecule has 1 saturated heterocycles. The number of methoxy groups -OCH3 is 1. The molecule has 0 radical (unpaired) electrons. The molecule has 1 aliphatic heterocycles. The number of amides is 1. The second-order valence-corrected chi connectivity index (χ2v) is 7.77. The van der Waals surface area contributed by atoms with Gasteiger partial charge >= 0.3 is 5.97 Å². The van der Waals surface area contributed by atoms with E-state index in [4.69, 9.17) is 9.47 Å². The van der Waals surface area contributed by atoms with Crippen LogP contribution in [0.2, 0.25) is 0 Å². The van der Waals surface area contributed by atoms with Crippen LogP contribution in [0.5, 0.6) is 5.75 Å². The third kappa shape index (κ3) is 4.35. The summed E-state index contributed by atoms with van der Waals surface area (Å²) in [5.74, 6) is -0.135. The van der Waals surface area contributed by atoms with Crippen LogP contribution < -0.4 is 4.74 Å². The monoisotopic (exact) mass is 433 g/mol. The van der Waals surface area contributed by atoms with Gasteiger partial charge in [0.15, 0.2) is 0 Å². The number of para-hydroxylation sites is 1. The van der Waals surface area contributed by atoms with E-state index in [-0.39, 0.29) is 17.8 Å². The van der Waals surface area contributed by atoms with Crippen LogP contribution in [0.4, 0.5) is 4.39 Å². The molecule has 1 heterocycles. The second kappa shape index (κ2) is 9.22. The number of carbonyl (C=O) groups excluding carboxylic acids is 2. The molecule has 1 aliphatic rings. The van der Waals surface area contributed by atoms with E-state index in [0.717, 1.165) is 16.7 Å². The zero-order valence-corrected chi connectivity index (χ0v) is 18.0. The predicted molar refractivity (Wildman–Crippen MR) is 118 cm³/mol. The Balaban J connectivity index is 1.57. The summed E-state index contributed by atoms with van der Waals surface area (Å²) in [6.45, 7) is 2.41. The summed E-state index contributed by atoms with van der Waals surface area (Å²) >= 11 is 0. The minimum absolute atomic E-state index is 0.0996. The lowest BCUT2D eigenvalue weighted by atomic mass is 9.89. The van der Waals surface area contributed by atoms with Crippen molar-refractivity contribution in [3.05, 3.63) is 101 Å². The van der Waals surface area contributed by atoms with Crippen molar-refractivity contribution in [2.75, 3.05) is 13.7 Å². The molecule has 4 rings (SSSR count). The maximum absolute atomic E-state index is 13.2. The Morgan fingerprint density at radius 2 is 1.69 bits per heavy atom. The zero-order chi connectivity index (χ0) is 22.7. The van der Waals surface area contributed by atoms with E-state index in [2.05, 4.69) is 0 Å². The first-order valence-corrected chi connectivity index (χ1v) is 10.4. The third-order valence-electron chi connectivity index (χ3n) is 5.72. The molecule has 3 aromatic carbocycles. The van der Waals surface area contributed by atoms with Gasteiger partial charge in [0, 0.05) is 6.54 Å². The van der Waals surface area contributed by atoms with Crippen molar-refractivity contribution in [3.63, 3.8) is 0 Å². The maximum atomic E-state index is 13.2. The summed E-state index contributed by atoms with van der Waals surface area (Å²) in [6.07, 6.45) is -0.0619. The number of carbonyl (C=O) groups is 2. The topological polar surface area (TPSA) is 55.8 Å². The molecule has 0 saturated carbocycles. The SMILES string of the molecule is COC(=O)c1ccc([C@@H]2[C@H](Oc3ccccc3C)C(=O)N2CCc2ccc(F)cc2)cc1. The molecule has 5 nitrogen and oxygen atoms in total. The molecule has 0 aromatic heterocycles. The van der Waals surface area contributed by atoms with E-state index < -0.39 is 12.1 Å². The Hall–Kier alpha value is -3.67. The first-order chi connectivity index (χ1) is 15.5. The van der Waals surface area contributed by atoms with Gasteiger partial charge in [-0.2, -0.15) is 0 Å². The van der Waals surface area contributed by atoms with Crippen LogP contribution >= 0.6 is 0 Å². The van der Waals surface area contributed by atoms with Crippen molar-refractivity contribution in [2.45, 2.75) is 25.5 Å². The van der Waals surface area contributed by atoms with E-state index >= 15 is 0 Å². The van der Waals surface area contributed by atoms with Crippen LogP contribution in [0.1, 0.15) is 33.1 Å². The van der Waals surface area contributed by atoms with Crippen molar-refractivity contribution in [3.8, 4) is 5.75 Å². The Morgan fingerprint density at radius 1 is 1.00 bits per heavy atom. The second-order valence-electron chi connectivity index (χ2n) is 7.77. The first-order valence-electron chi connectivity index (χ1n) is 10.4. The predicted octanol–water partition coefficient (Wildman–Crippen LogP) is 4.49. The van der Waals surface area contributed by atoms with Gasteiger partial charge in [-0.1, -0.05) is 42.5 Å². The molecule has 0 bridgehead atoms. The molecule has 1 fully saturated rings. The van der Waals surface area contributed by atoms with E-state index in [1.165, 1.54) is 19.2 Å². The maximum Gasteiger partial charge on any atom is 0.337 e. The Kier molecular flexibility index (Phi) is 6.21. The number of aryl methyl sites for hydroxylation is 1. The fraction of sp³-hybridized carbons (Fsp3) is 0.231. The van der Waals surface area contributed by atoms with Gasteiger partial charge in [-0.3, -0.25) is 4.79 Å². The molecule has 1 amide bonds. The molecule has 2 atom stereocenters. The molecule has 32 heavy (non-hydrogen) atoms. The highest BCUT2D eigenvalue weighted by atomic mass is 19.1. The largest absolute Gasteiger partial charge is 0.478 e. The molecular weight excluding hydrogens is 409 g/mol. The number of ether oxygens (including phenoxy) is 2. The van der Waals surface area contributed by atoms with Gasteiger partial charge in [0.1, 0.15) is 17.6 Å². The van der Waals surface area contributed by atoms with Crippen LogP contribution in [0.15, 0.2) is 72.8 Å². The van der Waals surface area contributed by atoms with Crippen LogP contribution in [-0.2, 0) is 16.0 Å². The molecule has 3 aromatic rings. The smallest absolute Gasteiger partial charge is 0.337 e. The van der Waals surface area contributed by atoms with Crippen molar-refractivity contribution in [1.29, 1.82) is 0 Å². The summed E-state index contributed by atoms with van der Waals surface area (Å²) in [5, 5.41) is 0. The lowest BCUT2D eigenvalue weighted by molar-refractivity contribution is -0.164. The average Bonchev–Trinajstić information content (AvgIpc) is 2.82. The first kappa shape index (κ1) is 21.6. The lowest BCUT2D eigenvalue weighted by Gasteiger charge is -2.47. The number of nitrogens with zero attached hydrogens (tertiary/aromatic N) is 1. The van der Waals surface area contributed by atoms with E-state index in [1.807, 2.05) is 43.3 Å². The minimum Gasteiger partial charge on any atom is -0.478 e. The Bertz CT molecular complexity index is 1110. The van der Waals surface area contributed by atoms with Crippen molar-refractivity contribution < 1.29 is 23.5 Å². The highest BCUT2D eigenvalue weighted by Gasteiger charge is 2.49. The van der Waals surface area contributed by atoms with Gasteiger partial charge in [0.05, 0.1) is 12.7 Å². The third-order valence-corrected chi connectivity index (χ3v) is 5.72. The number of halogens is 1. The van der Waals surface area contributed by atoms with Gasteiger partial charge in [-0.05, 0) is 60.4 Å². The summed E-state index contributed by atoms with van der Waals surface area (Å²) in [7, 11) is 1.34. The molecule has 0 unspecified atom stereocenters. The Morgan fingerprint density at radius 3 is 2.34 bits per heavy atom. The fourth-order valence-electron chi connectivity index (χ4n) is 3.90. The summed E-state index contributed by atoms with van der Waals surface area (Å²) in [6, 6.07) is 20.6. The van der Waals surface area contributed by atoms with E-state index in [0.29, 0.717) is 24.3 Å². The van der Waals surface area contributed by atoms with E-state index in [1.54, 1.807) is 29.2 Å². The standard InChI is InChI=1S/C26H24FNO4/c1-17-5-3-4-6-22(17)32-24-23(19-9-11-20(12-10-19)26(30)31-2)28(25(24)29)16-15-18-7-13-21(27)14-8-18/h3-14,23-24H,15-16H2,1-2H3/t23-,24+/m1/s1. The van der Waals surface area contributed by atoms with Crippen LogP contribution in [0, 0.1) is 12.7 Å². The van der Waals surface area contributed by atoms with Crippen molar-refractivity contribution >= 4 is 11.9 Å². The normalized spacial score (nSPS) is 17.6. The molecule has 6 heteroatoms. The van der Waals surface area contributed by atoms with Gasteiger partial charge in [-0.25, -0.2) is 9.18 Å². The van der Waals surface area contributed by atoms with Gasteiger partial charge < -0.3 is 14.4 Å². The highest BCUT2D eigenvalue weighted by Crippen LogP contribution is 2.38. The summed E-state index contributed by atoms with van der Waals surface area (Å²) < 4.78 is 24.1. The average molecular weight is 433 g/mol. The Labute approximate surface area is 186 Å². The molecule has 0 aliphatic carbocycles. The van der Waals surface area contributed by atoms with Gasteiger partial charge in [0.25, 0.3) is 5.91 Å². The molecule has 164 valence electrons. The number of hydrogen-bond acceptors (Lipinski definition) is 4. The summed E-state index contributed by atoms with van der Waals surface area (Å²) in [4.78, 5) is 26.6. The number of likely N-dealkylation sites (tertiary alicyclic amines) is 1. The highest BCUT2D eigenvalue weighted by molar-refractivity contribution is 5.91. The van der Waals surface area contributed by atoms with Crippen LogP contribution in [-0.4, -0.2) is 36.5 Å². The zero-order valence-electron chi connectivity index (χ0n) is 18.0. The number of hydrogen-bond donors (Lipinski definition) is 0. The number of β-lactam (4-membered cyclic amide) rings is 1. The lowest BCUT2D eigenvalue weighted by Crippen LogP contribution is -2.61. The number of benzene rings is 3. The fourth-order valence-corrected chi connectivity index (χ4v) is 3.90. The van der Waals surface area contributed by atoms with Crippen molar-refractivity contribution in [2.24, 2.45) is 0 Å². The number of rotatable bonds is 7.